The zero-order chi connectivity index (χ0) is 35.6. The van der Waals surface area contributed by atoms with Gasteiger partial charge in [-0.2, -0.15) is 0 Å². The lowest BCUT2D eigenvalue weighted by molar-refractivity contribution is 0.622. The Kier molecular flexibility index (Phi) is 6.79. The molecule has 0 aliphatic heterocycles. The van der Waals surface area contributed by atoms with Gasteiger partial charge in [0.15, 0.2) is 11.2 Å². The lowest BCUT2D eigenvalue weighted by Gasteiger charge is -2.26. The third-order valence-corrected chi connectivity index (χ3v) is 10.3. The maximum absolute atomic E-state index is 6.56. The Labute approximate surface area is 309 Å². The standard InChI is InChI=1S/C49H30N2O3/c1-3-10-31(11-4-1)32-18-23-36(24-19-32)51(42-16-9-15-39-38-14-7-8-17-43(38)53-47(39)42)37-25-20-33(21-26-37)35-22-28-44-40(30-35)46-45(52-44)29-27-41-48(46)54-49(50-41)34-12-5-2-6-13-34/h1-30H. The Morgan fingerprint density at radius 3 is 1.72 bits per heavy atom. The van der Waals surface area contributed by atoms with Crippen LogP contribution in [-0.4, -0.2) is 4.98 Å². The van der Waals surface area contributed by atoms with Crippen LogP contribution in [-0.2, 0) is 0 Å². The number of nitrogens with zero attached hydrogens (tertiary/aromatic N) is 2. The van der Waals surface area contributed by atoms with Crippen LogP contribution in [0.5, 0.6) is 0 Å². The first-order valence-corrected chi connectivity index (χ1v) is 18.0. The average molecular weight is 695 g/mol. The molecule has 0 radical (unpaired) electrons. The summed E-state index contributed by atoms with van der Waals surface area (Å²) in [7, 11) is 0. The largest absolute Gasteiger partial charge is 0.456 e. The second-order valence-electron chi connectivity index (χ2n) is 13.5. The van der Waals surface area contributed by atoms with E-state index in [0.29, 0.717) is 5.89 Å². The molecule has 5 nitrogen and oxygen atoms in total. The van der Waals surface area contributed by atoms with Crippen molar-refractivity contribution in [1.29, 1.82) is 0 Å². The molecule has 0 spiro atoms. The highest BCUT2D eigenvalue weighted by Crippen LogP contribution is 2.43. The van der Waals surface area contributed by atoms with Gasteiger partial charge in [-0.25, -0.2) is 4.98 Å². The molecule has 11 rings (SSSR count). The first-order chi connectivity index (χ1) is 26.7. The molecule has 54 heavy (non-hydrogen) atoms. The Morgan fingerprint density at radius 2 is 0.963 bits per heavy atom. The number of aromatic nitrogens is 1. The first kappa shape index (κ1) is 30.3. The fourth-order valence-electron chi connectivity index (χ4n) is 7.70. The summed E-state index contributed by atoms with van der Waals surface area (Å²) in [6.45, 7) is 0. The van der Waals surface area contributed by atoms with E-state index in [9.17, 15) is 0 Å². The molecule has 0 amide bonds. The zero-order valence-corrected chi connectivity index (χ0v) is 28.9. The van der Waals surface area contributed by atoms with E-state index in [1.165, 1.54) is 5.56 Å². The molecule has 0 saturated carbocycles. The van der Waals surface area contributed by atoms with Crippen LogP contribution in [0.2, 0.25) is 0 Å². The van der Waals surface area contributed by atoms with Crippen molar-refractivity contribution < 1.29 is 13.3 Å². The molecule has 0 aliphatic rings. The summed E-state index contributed by atoms with van der Waals surface area (Å²) in [5.41, 5.74) is 13.3. The number of hydrogen-bond acceptors (Lipinski definition) is 5. The van der Waals surface area contributed by atoms with Crippen molar-refractivity contribution in [2.45, 2.75) is 0 Å². The van der Waals surface area contributed by atoms with Gasteiger partial charge in [-0.05, 0) is 95.1 Å². The summed E-state index contributed by atoms with van der Waals surface area (Å²) >= 11 is 0. The molecule has 0 atom stereocenters. The SMILES string of the molecule is c1ccc(-c2ccc(N(c3ccc(-c4ccc5oc6ccc7nc(-c8ccccc8)oc7c6c5c4)cc3)c3cccc4c3oc3ccccc34)cc2)cc1. The van der Waals surface area contributed by atoms with Gasteiger partial charge in [0.2, 0.25) is 5.89 Å². The molecule has 0 bridgehead atoms. The van der Waals surface area contributed by atoms with Crippen LogP contribution >= 0.6 is 0 Å². The molecular weight excluding hydrogens is 665 g/mol. The number of hydrogen-bond donors (Lipinski definition) is 0. The predicted molar refractivity (Wildman–Crippen MR) is 220 cm³/mol. The minimum atomic E-state index is 0.594. The Bertz CT molecular complexity index is 3140. The van der Waals surface area contributed by atoms with Gasteiger partial charge in [-0.3, -0.25) is 0 Å². The highest BCUT2D eigenvalue weighted by atomic mass is 16.4. The van der Waals surface area contributed by atoms with Crippen LogP contribution in [0.3, 0.4) is 0 Å². The van der Waals surface area contributed by atoms with Crippen molar-refractivity contribution in [3.63, 3.8) is 0 Å². The van der Waals surface area contributed by atoms with Gasteiger partial charge in [0.05, 0.1) is 11.1 Å². The van der Waals surface area contributed by atoms with E-state index in [1.54, 1.807) is 0 Å². The van der Waals surface area contributed by atoms with Gasteiger partial charge < -0.3 is 18.2 Å². The van der Waals surface area contributed by atoms with Crippen molar-refractivity contribution in [2.75, 3.05) is 4.90 Å². The number of anilines is 3. The van der Waals surface area contributed by atoms with Crippen LogP contribution in [0.1, 0.15) is 0 Å². The second-order valence-corrected chi connectivity index (χ2v) is 13.5. The number of oxazole rings is 1. The van der Waals surface area contributed by atoms with Crippen LogP contribution in [0.4, 0.5) is 17.1 Å². The summed E-state index contributed by atoms with van der Waals surface area (Å²) < 4.78 is 19.3. The molecule has 254 valence electrons. The molecule has 8 aromatic carbocycles. The maximum Gasteiger partial charge on any atom is 0.227 e. The third kappa shape index (κ3) is 4.90. The van der Waals surface area contributed by atoms with Gasteiger partial charge in [0, 0.05) is 33.1 Å². The number of rotatable bonds is 6. The summed E-state index contributed by atoms with van der Waals surface area (Å²) in [5.74, 6) is 0.594. The maximum atomic E-state index is 6.56. The lowest BCUT2D eigenvalue weighted by Crippen LogP contribution is -2.10. The molecule has 3 aromatic heterocycles. The van der Waals surface area contributed by atoms with Crippen molar-refractivity contribution >= 4 is 72.0 Å². The zero-order valence-electron chi connectivity index (χ0n) is 28.9. The molecule has 0 fully saturated rings. The van der Waals surface area contributed by atoms with Crippen molar-refractivity contribution in [1.82, 2.24) is 4.98 Å². The molecular formula is C49H30N2O3. The monoisotopic (exact) mass is 694 g/mol. The minimum Gasteiger partial charge on any atom is -0.456 e. The topological polar surface area (TPSA) is 55.6 Å². The summed E-state index contributed by atoms with van der Waals surface area (Å²) in [4.78, 5) is 7.09. The second kappa shape index (κ2) is 12.1. The van der Waals surface area contributed by atoms with E-state index in [2.05, 4.69) is 120 Å². The smallest absolute Gasteiger partial charge is 0.227 e. The van der Waals surface area contributed by atoms with Gasteiger partial charge in [0.1, 0.15) is 22.3 Å². The summed E-state index contributed by atoms with van der Waals surface area (Å²) in [5, 5.41) is 4.11. The molecule has 3 heterocycles. The normalized spacial score (nSPS) is 11.7. The van der Waals surface area contributed by atoms with Gasteiger partial charge >= 0.3 is 0 Å². The molecule has 0 N–H and O–H groups in total. The number of furan rings is 2. The van der Waals surface area contributed by atoms with Crippen molar-refractivity contribution in [2.24, 2.45) is 0 Å². The first-order valence-electron chi connectivity index (χ1n) is 18.0. The van der Waals surface area contributed by atoms with E-state index in [1.807, 2.05) is 66.7 Å². The van der Waals surface area contributed by atoms with Crippen molar-refractivity contribution in [3.05, 3.63) is 182 Å². The van der Waals surface area contributed by atoms with Crippen LogP contribution < -0.4 is 4.90 Å². The Hall–Kier alpha value is -7.37. The fraction of sp³-hybridized carbons (Fsp3) is 0. The van der Waals surface area contributed by atoms with Crippen LogP contribution in [0.15, 0.2) is 195 Å². The highest BCUT2D eigenvalue weighted by Gasteiger charge is 2.21. The van der Waals surface area contributed by atoms with E-state index in [4.69, 9.17) is 18.2 Å². The molecule has 0 unspecified atom stereocenters. The van der Waals surface area contributed by atoms with Crippen LogP contribution in [0.25, 0.3) is 88.7 Å². The molecule has 5 heteroatoms. The van der Waals surface area contributed by atoms with E-state index < -0.39 is 0 Å². The molecule has 0 aliphatic carbocycles. The van der Waals surface area contributed by atoms with E-state index >= 15 is 0 Å². The minimum absolute atomic E-state index is 0.594. The van der Waals surface area contributed by atoms with Gasteiger partial charge in [0.25, 0.3) is 0 Å². The quantitative estimate of drug-likeness (QED) is 0.173. The number of fused-ring (bicyclic) bond motifs is 8. The van der Waals surface area contributed by atoms with Crippen molar-refractivity contribution in [3.8, 4) is 33.7 Å². The molecule has 11 aromatic rings. The number of benzene rings is 8. The van der Waals surface area contributed by atoms with Gasteiger partial charge in [-0.15, -0.1) is 0 Å². The third-order valence-electron chi connectivity index (χ3n) is 10.3. The average Bonchev–Trinajstić information content (AvgIpc) is 3.96. The highest BCUT2D eigenvalue weighted by molar-refractivity contribution is 6.17. The summed E-state index contributed by atoms with van der Waals surface area (Å²) in [6, 6.07) is 62.8. The Morgan fingerprint density at radius 1 is 0.370 bits per heavy atom. The van der Waals surface area contributed by atoms with Gasteiger partial charge in [-0.1, -0.05) is 109 Å². The lowest BCUT2D eigenvalue weighted by atomic mass is 10.0. The van der Waals surface area contributed by atoms with Crippen LogP contribution in [0, 0.1) is 0 Å². The summed E-state index contributed by atoms with van der Waals surface area (Å²) in [6.07, 6.45) is 0. The number of para-hydroxylation sites is 2. The van der Waals surface area contributed by atoms with E-state index in [0.717, 1.165) is 94.3 Å². The molecule has 0 saturated heterocycles. The predicted octanol–water partition coefficient (Wildman–Crippen LogP) is 14.1. The Balaban J connectivity index is 1.02. The fourth-order valence-corrected chi connectivity index (χ4v) is 7.70. The van der Waals surface area contributed by atoms with E-state index in [-0.39, 0.29) is 0 Å².